The Morgan fingerprint density at radius 3 is 2.35 bits per heavy atom. The van der Waals surface area contributed by atoms with Crippen LogP contribution in [0.25, 0.3) is 0 Å². The van der Waals surface area contributed by atoms with E-state index in [1.165, 1.54) is 6.20 Å². The Balaban J connectivity index is 2.16. The van der Waals surface area contributed by atoms with Gasteiger partial charge < -0.3 is 14.7 Å². The first kappa shape index (κ1) is 16.6. The van der Waals surface area contributed by atoms with Crippen molar-refractivity contribution in [3.05, 3.63) is 59.7 Å². The Hall–Kier alpha value is -2.80. The molecule has 0 spiro atoms. The minimum Gasteiger partial charge on any atom is -0.476 e. The van der Waals surface area contributed by atoms with Gasteiger partial charge in [0.25, 0.3) is 5.91 Å². The molecule has 1 heterocycles. The Labute approximate surface area is 133 Å². The predicted octanol–water partition coefficient (Wildman–Crippen LogP) is 1.46. The molecule has 0 aliphatic carbocycles. The molecule has 1 aromatic carbocycles. The van der Waals surface area contributed by atoms with E-state index in [1.54, 1.807) is 12.0 Å². The monoisotopic (exact) mass is 315 g/mol. The normalized spacial score (nSPS) is 10.3. The van der Waals surface area contributed by atoms with Crippen LogP contribution in [0.15, 0.2) is 42.7 Å². The molecule has 120 valence electrons. The van der Waals surface area contributed by atoms with Gasteiger partial charge in [-0.2, -0.15) is 0 Å². The van der Waals surface area contributed by atoms with Crippen molar-refractivity contribution in [3.63, 3.8) is 0 Å². The molecule has 0 unspecified atom stereocenters. The van der Waals surface area contributed by atoms with Gasteiger partial charge in [0.05, 0.1) is 19.0 Å². The summed E-state index contributed by atoms with van der Waals surface area (Å²) in [5, 5.41) is 8.82. The number of carboxylic acid groups (broad SMARTS) is 1. The smallest absolute Gasteiger partial charge is 0.356 e. The molecule has 23 heavy (non-hydrogen) atoms. The fraction of sp³-hybridized carbons (Fsp3) is 0.250. The number of carbonyl (C=O) groups is 2. The van der Waals surface area contributed by atoms with Crippen LogP contribution in [0.1, 0.15) is 26.5 Å². The molecule has 0 saturated carbocycles. The number of carboxylic acids is 1. The van der Waals surface area contributed by atoms with Gasteiger partial charge in [0.1, 0.15) is 5.69 Å². The van der Waals surface area contributed by atoms with E-state index in [4.69, 9.17) is 9.84 Å². The highest BCUT2D eigenvalue weighted by atomic mass is 16.5. The minimum absolute atomic E-state index is 0.0991. The van der Waals surface area contributed by atoms with Crippen LogP contribution in [0.3, 0.4) is 0 Å². The third-order valence-electron chi connectivity index (χ3n) is 3.16. The topological polar surface area (TPSA) is 92.6 Å². The number of hydrogen-bond acceptors (Lipinski definition) is 5. The van der Waals surface area contributed by atoms with Gasteiger partial charge >= 0.3 is 5.97 Å². The van der Waals surface area contributed by atoms with E-state index < -0.39 is 5.97 Å². The van der Waals surface area contributed by atoms with E-state index >= 15 is 0 Å². The van der Waals surface area contributed by atoms with E-state index in [0.717, 1.165) is 11.8 Å². The molecule has 0 radical (unpaired) electrons. The summed E-state index contributed by atoms with van der Waals surface area (Å²) >= 11 is 0. The highest BCUT2D eigenvalue weighted by molar-refractivity contribution is 5.92. The Bertz CT molecular complexity index is 659. The molecule has 0 atom stereocenters. The molecule has 0 aliphatic rings. The minimum atomic E-state index is -1.18. The van der Waals surface area contributed by atoms with Crippen molar-refractivity contribution in [1.29, 1.82) is 0 Å². The van der Waals surface area contributed by atoms with Crippen molar-refractivity contribution >= 4 is 11.9 Å². The van der Waals surface area contributed by atoms with Crippen LogP contribution in [0, 0.1) is 0 Å². The Kier molecular flexibility index (Phi) is 5.76. The zero-order valence-corrected chi connectivity index (χ0v) is 12.7. The van der Waals surface area contributed by atoms with Gasteiger partial charge in [-0.25, -0.2) is 14.8 Å². The quantitative estimate of drug-likeness (QED) is 0.831. The maximum atomic E-state index is 12.6. The molecule has 1 amide bonds. The average molecular weight is 315 g/mol. The van der Waals surface area contributed by atoms with Crippen LogP contribution in [-0.2, 0) is 11.3 Å². The number of benzene rings is 1. The predicted molar refractivity (Wildman–Crippen MR) is 82.0 cm³/mol. The van der Waals surface area contributed by atoms with E-state index in [0.29, 0.717) is 19.7 Å². The maximum Gasteiger partial charge on any atom is 0.356 e. The summed E-state index contributed by atoms with van der Waals surface area (Å²) in [6.07, 6.45) is 2.25. The number of nitrogens with zero attached hydrogens (tertiary/aromatic N) is 3. The zero-order valence-electron chi connectivity index (χ0n) is 12.7. The Morgan fingerprint density at radius 1 is 1.13 bits per heavy atom. The first-order valence-corrected chi connectivity index (χ1v) is 6.99. The van der Waals surface area contributed by atoms with E-state index in [2.05, 4.69) is 9.97 Å². The number of hydrogen-bond donors (Lipinski definition) is 1. The van der Waals surface area contributed by atoms with Crippen molar-refractivity contribution in [2.24, 2.45) is 0 Å². The molecule has 0 aliphatic heterocycles. The number of amides is 1. The average Bonchev–Trinajstić information content (AvgIpc) is 2.59. The van der Waals surface area contributed by atoms with Gasteiger partial charge in [-0.3, -0.25) is 4.79 Å². The first-order valence-electron chi connectivity index (χ1n) is 6.99. The van der Waals surface area contributed by atoms with Gasteiger partial charge in [-0.15, -0.1) is 0 Å². The van der Waals surface area contributed by atoms with Crippen LogP contribution >= 0.6 is 0 Å². The number of ether oxygens (including phenoxy) is 1. The second-order valence-electron chi connectivity index (χ2n) is 4.80. The van der Waals surface area contributed by atoms with Crippen LogP contribution in [0.4, 0.5) is 0 Å². The molecule has 1 aromatic heterocycles. The highest BCUT2D eigenvalue weighted by Gasteiger charge is 2.18. The second-order valence-corrected chi connectivity index (χ2v) is 4.80. The third-order valence-corrected chi connectivity index (χ3v) is 3.16. The molecule has 7 heteroatoms. The summed E-state index contributed by atoms with van der Waals surface area (Å²) in [6.45, 7) is 1.19. The number of carbonyl (C=O) groups excluding carboxylic acids is 1. The highest BCUT2D eigenvalue weighted by Crippen LogP contribution is 2.08. The van der Waals surface area contributed by atoms with E-state index in [1.807, 2.05) is 30.3 Å². The molecule has 7 nitrogen and oxygen atoms in total. The molecular weight excluding hydrogens is 298 g/mol. The fourth-order valence-electron chi connectivity index (χ4n) is 1.97. The lowest BCUT2D eigenvalue weighted by molar-refractivity contribution is 0.0664. The molecule has 0 saturated heterocycles. The number of aromatic nitrogens is 2. The fourth-order valence-corrected chi connectivity index (χ4v) is 1.97. The van der Waals surface area contributed by atoms with Crippen LogP contribution in [-0.4, -0.2) is 52.1 Å². The summed E-state index contributed by atoms with van der Waals surface area (Å²) < 4.78 is 5.04. The SMILES string of the molecule is COCCN(Cc1ccccc1)C(=O)c1cnc(C(=O)O)cn1. The number of aromatic carboxylic acids is 1. The summed E-state index contributed by atoms with van der Waals surface area (Å²) in [5.74, 6) is -1.51. The summed E-state index contributed by atoms with van der Waals surface area (Å²) in [7, 11) is 1.56. The van der Waals surface area contributed by atoms with Gasteiger partial charge in [-0.05, 0) is 5.56 Å². The molecule has 2 rings (SSSR count). The lowest BCUT2D eigenvalue weighted by atomic mass is 10.2. The summed E-state index contributed by atoms with van der Waals surface area (Å²) in [5.41, 5.74) is 0.877. The van der Waals surface area contributed by atoms with Crippen LogP contribution < -0.4 is 0 Å². The van der Waals surface area contributed by atoms with Crippen LogP contribution in [0.2, 0.25) is 0 Å². The molecule has 0 fully saturated rings. The molecule has 1 N–H and O–H groups in total. The van der Waals surface area contributed by atoms with Gasteiger partial charge in [0.15, 0.2) is 5.69 Å². The van der Waals surface area contributed by atoms with E-state index in [9.17, 15) is 9.59 Å². The largest absolute Gasteiger partial charge is 0.476 e. The Morgan fingerprint density at radius 2 is 1.78 bits per heavy atom. The maximum absolute atomic E-state index is 12.6. The summed E-state index contributed by atoms with van der Waals surface area (Å²) in [4.78, 5) is 32.6. The summed E-state index contributed by atoms with van der Waals surface area (Å²) in [6, 6.07) is 9.55. The molecular formula is C16H17N3O4. The standard InChI is InChI=1S/C16H17N3O4/c1-23-8-7-19(11-12-5-3-2-4-6-12)15(20)13-9-18-14(10-17-13)16(21)22/h2-6,9-10H,7-8,11H2,1H3,(H,21,22). The third kappa shape index (κ3) is 4.58. The van der Waals surface area contributed by atoms with Crippen molar-refractivity contribution in [1.82, 2.24) is 14.9 Å². The van der Waals surface area contributed by atoms with Crippen molar-refractivity contribution in [3.8, 4) is 0 Å². The van der Waals surface area contributed by atoms with Gasteiger partial charge in [-0.1, -0.05) is 30.3 Å². The van der Waals surface area contributed by atoms with Crippen molar-refractivity contribution < 1.29 is 19.4 Å². The zero-order chi connectivity index (χ0) is 16.7. The van der Waals surface area contributed by atoms with Gasteiger partial charge in [0, 0.05) is 20.2 Å². The van der Waals surface area contributed by atoms with E-state index in [-0.39, 0.29) is 17.3 Å². The van der Waals surface area contributed by atoms with Gasteiger partial charge in [0.2, 0.25) is 0 Å². The lowest BCUT2D eigenvalue weighted by Gasteiger charge is -2.22. The number of methoxy groups -OCH3 is 1. The van der Waals surface area contributed by atoms with Crippen molar-refractivity contribution in [2.75, 3.05) is 20.3 Å². The second kappa shape index (κ2) is 8.00. The molecule has 0 bridgehead atoms. The lowest BCUT2D eigenvalue weighted by Crippen LogP contribution is -2.34. The van der Waals surface area contributed by atoms with Crippen LogP contribution in [0.5, 0.6) is 0 Å². The number of rotatable bonds is 7. The van der Waals surface area contributed by atoms with Crippen molar-refractivity contribution in [2.45, 2.75) is 6.54 Å². The molecule has 2 aromatic rings. The first-order chi connectivity index (χ1) is 11.1.